The van der Waals surface area contributed by atoms with Crippen LogP contribution in [0.5, 0.6) is 0 Å². The van der Waals surface area contributed by atoms with Crippen LogP contribution < -0.4 is 4.90 Å². The maximum atomic E-state index is 12.9. The molecule has 1 aliphatic heterocycles. The molecule has 3 rings (SSSR count). The number of benzene rings is 2. The standard InChI is InChI=1S/C20H20INO/c1-2-3-5-14-18(21)19-16-12-8-9-13-17(16)20(23)22(19)15-10-6-4-7-11-15/h4,6-13H,2-3,5,14H2,1H3/b19-18+. The number of fused-ring (bicyclic) bond motifs is 1. The van der Waals surface area contributed by atoms with Gasteiger partial charge in [0.15, 0.2) is 0 Å². The summed E-state index contributed by atoms with van der Waals surface area (Å²) in [6.07, 6.45) is 4.61. The fourth-order valence-corrected chi connectivity index (χ4v) is 3.87. The molecule has 3 heteroatoms. The number of halogens is 1. The summed E-state index contributed by atoms with van der Waals surface area (Å²) in [5, 5.41) is 0. The fraction of sp³-hybridized carbons (Fsp3) is 0.250. The quantitative estimate of drug-likeness (QED) is 0.430. The number of carbonyl (C=O) groups excluding carboxylic acids is 1. The molecule has 2 aromatic carbocycles. The summed E-state index contributed by atoms with van der Waals surface area (Å²) in [4.78, 5) is 14.8. The van der Waals surface area contributed by atoms with E-state index in [2.05, 4.69) is 35.6 Å². The first-order chi connectivity index (χ1) is 11.2. The Morgan fingerprint density at radius 3 is 2.30 bits per heavy atom. The second-order valence-corrected chi connectivity index (χ2v) is 7.03. The van der Waals surface area contributed by atoms with Gasteiger partial charge in [-0.2, -0.15) is 0 Å². The second-order valence-electron chi connectivity index (χ2n) is 5.73. The molecular weight excluding hydrogens is 397 g/mol. The highest BCUT2D eigenvalue weighted by atomic mass is 127. The van der Waals surface area contributed by atoms with Crippen molar-refractivity contribution in [2.45, 2.75) is 32.6 Å². The van der Waals surface area contributed by atoms with Crippen molar-refractivity contribution in [2.75, 3.05) is 4.90 Å². The van der Waals surface area contributed by atoms with Gasteiger partial charge in [0.1, 0.15) is 0 Å². The topological polar surface area (TPSA) is 20.3 Å². The summed E-state index contributed by atoms with van der Waals surface area (Å²) in [7, 11) is 0. The lowest BCUT2D eigenvalue weighted by molar-refractivity contribution is 0.101. The molecule has 2 aromatic rings. The number of allylic oxidation sites excluding steroid dienone is 1. The van der Waals surface area contributed by atoms with Crippen molar-refractivity contribution < 1.29 is 4.79 Å². The minimum Gasteiger partial charge on any atom is -0.276 e. The average molecular weight is 417 g/mol. The monoisotopic (exact) mass is 417 g/mol. The molecule has 0 atom stereocenters. The van der Waals surface area contributed by atoms with Gasteiger partial charge in [-0.05, 0) is 53.6 Å². The van der Waals surface area contributed by atoms with Crippen molar-refractivity contribution in [2.24, 2.45) is 0 Å². The molecule has 0 fully saturated rings. The SMILES string of the molecule is CCCCC/C(I)=C1/c2ccccc2C(=O)N1c1ccccc1. The van der Waals surface area contributed by atoms with E-state index in [9.17, 15) is 4.79 Å². The average Bonchev–Trinajstić information content (AvgIpc) is 2.89. The summed E-state index contributed by atoms with van der Waals surface area (Å²) in [5.74, 6) is 0.0754. The third-order valence-electron chi connectivity index (χ3n) is 4.11. The molecule has 0 aromatic heterocycles. The first-order valence-electron chi connectivity index (χ1n) is 8.11. The highest BCUT2D eigenvalue weighted by molar-refractivity contribution is 14.1. The van der Waals surface area contributed by atoms with E-state index >= 15 is 0 Å². The molecule has 2 nitrogen and oxygen atoms in total. The van der Waals surface area contributed by atoms with E-state index in [0.29, 0.717) is 0 Å². The Balaban J connectivity index is 2.07. The number of hydrogen-bond donors (Lipinski definition) is 0. The predicted octanol–water partition coefficient (Wildman–Crippen LogP) is 6.03. The van der Waals surface area contributed by atoms with Crippen molar-refractivity contribution in [3.63, 3.8) is 0 Å². The van der Waals surface area contributed by atoms with Crippen LogP contribution in [0.4, 0.5) is 5.69 Å². The van der Waals surface area contributed by atoms with Crippen LogP contribution in [-0.2, 0) is 0 Å². The summed E-state index contributed by atoms with van der Waals surface area (Å²) < 4.78 is 1.26. The largest absolute Gasteiger partial charge is 0.276 e. The van der Waals surface area contributed by atoms with Crippen LogP contribution in [0.1, 0.15) is 48.5 Å². The van der Waals surface area contributed by atoms with Gasteiger partial charge in [0, 0.05) is 20.4 Å². The maximum absolute atomic E-state index is 12.9. The molecule has 1 heterocycles. The van der Waals surface area contributed by atoms with Crippen LogP contribution in [-0.4, -0.2) is 5.91 Å². The predicted molar refractivity (Wildman–Crippen MR) is 105 cm³/mol. The molecular formula is C20H20INO. The van der Waals surface area contributed by atoms with Gasteiger partial charge in [-0.25, -0.2) is 0 Å². The number of para-hydroxylation sites is 1. The van der Waals surface area contributed by atoms with Gasteiger partial charge in [-0.15, -0.1) is 0 Å². The number of rotatable bonds is 5. The van der Waals surface area contributed by atoms with Crippen LogP contribution in [0.25, 0.3) is 5.70 Å². The lowest BCUT2D eigenvalue weighted by Gasteiger charge is -2.20. The second kappa shape index (κ2) is 7.30. The highest BCUT2D eigenvalue weighted by Gasteiger charge is 2.34. The van der Waals surface area contributed by atoms with Crippen molar-refractivity contribution >= 4 is 39.9 Å². The Hall–Kier alpha value is -1.62. The van der Waals surface area contributed by atoms with Gasteiger partial charge in [-0.3, -0.25) is 9.69 Å². The van der Waals surface area contributed by atoms with E-state index in [0.717, 1.165) is 35.4 Å². The highest BCUT2D eigenvalue weighted by Crippen LogP contribution is 2.41. The number of carbonyl (C=O) groups is 1. The van der Waals surface area contributed by atoms with Gasteiger partial charge in [-0.1, -0.05) is 56.2 Å². The van der Waals surface area contributed by atoms with Gasteiger partial charge < -0.3 is 0 Å². The van der Waals surface area contributed by atoms with Crippen molar-refractivity contribution in [3.8, 4) is 0 Å². The van der Waals surface area contributed by atoms with E-state index in [4.69, 9.17) is 0 Å². The molecule has 0 saturated heterocycles. The third kappa shape index (κ3) is 3.20. The third-order valence-corrected chi connectivity index (χ3v) is 5.16. The van der Waals surface area contributed by atoms with E-state index in [1.165, 1.54) is 16.4 Å². The first-order valence-corrected chi connectivity index (χ1v) is 9.19. The molecule has 0 spiro atoms. The van der Waals surface area contributed by atoms with E-state index in [-0.39, 0.29) is 5.91 Å². The zero-order chi connectivity index (χ0) is 16.2. The summed E-state index contributed by atoms with van der Waals surface area (Å²) in [6.45, 7) is 2.21. The molecule has 0 saturated carbocycles. The number of amides is 1. The minimum atomic E-state index is 0.0754. The van der Waals surface area contributed by atoms with Crippen LogP contribution in [0.15, 0.2) is 58.2 Å². The normalized spacial score (nSPS) is 15.7. The summed E-state index contributed by atoms with van der Waals surface area (Å²) in [6, 6.07) is 17.9. The lowest BCUT2D eigenvalue weighted by atomic mass is 10.1. The van der Waals surface area contributed by atoms with Crippen LogP contribution in [0, 0.1) is 0 Å². The molecule has 0 bridgehead atoms. The molecule has 0 radical (unpaired) electrons. The van der Waals surface area contributed by atoms with E-state index < -0.39 is 0 Å². The van der Waals surface area contributed by atoms with E-state index in [1.807, 2.05) is 53.4 Å². The van der Waals surface area contributed by atoms with Crippen molar-refractivity contribution in [1.82, 2.24) is 0 Å². The Morgan fingerprint density at radius 1 is 0.957 bits per heavy atom. The smallest absolute Gasteiger partial charge is 0.263 e. The lowest BCUT2D eigenvalue weighted by Crippen LogP contribution is -2.22. The van der Waals surface area contributed by atoms with Crippen LogP contribution in [0.3, 0.4) is 0 Å². The van der Waals surface area contributed by atoms with Gasteiger partial charge >= 0.3 is 0 Å². The molecule has 1 amide bonds. The van der Waals surface area contributed by atoms with Gasteiger partial charge in [0.05, 0.1) is 5.70 Å². The molecule has 0 N–H and O–H groups in total. The number of anilines is 1. The molecule has 118 valence electrons. The molecule has 23 heavy (non-hydrogen) atoms. The number of nitrogens with zero attached hydrogens (tertiary/aromatic N) is 1. The zero-order valence-corrected chi connectivity index (χ0v) is 15.4. The molecule has 0 unspecified atom stereocenters. The number of unbranched alkanes of at least 4 members (excludes halogenated alkanes) is 2. The van der Waals surface area contributed by atoms with Crippen LogP contribution in [0.2, 0.25) is 0 Å². The number of hydrogen-bond acceptors (Lipinski definition) is 1. The zero-order valence-electron chi connectivity index (χ0n) is 13.3. The first kappa shape index (κ1) is 16.2. The molecule has 0 aliphatic carbocycles. The Bertz CT molecular complexity index is 736. The van der Waals surface area contributed by atoms with E-state index in [1.54, 1.807) is 0 Å². The van der Waals surface area contributed by atoms with Gasteiger partial charge in [0.2, 0.25) is 0 Å². The van der Waals surface area contributed by atoms with Crippen molar-refractivity contribution in [3.05, 3.63) is 69.3 Å². The fourth-order valence-electron chi connectivity index (χ4n) is 2.96. The van der Waals surface area contributed by atoms with Gasteiger partial charge in [0.25, 0.3) is 5.91 Å². The van der Waals surface area contributed by atoms with Crippen molar-refractivity contribution in [1.29, 1.82) is 0 Å². The Labute approximate surface area is 151 Å². The Kier molecular flexibility index (Phi) is 5.16. The van der Waals surface area contributed by atoms with Crippen LogP contribution >= 0.6 is 22.6 Å². The summed E-state index contributed by atoms with van der Waals surface area (Å²) in [5.41, 5.74) is 3.86. The summed E-state index contributed by atoms with van der Waals surface area (Å²) >= 11 is 2.42. The minimum absolute atomic E-state index is 0.0754. The molecule has 1 aliphatic rings. The maximum Gasteiger partial charge on any atom is 0.263 e. The Morgan fingerprint density at radius 2 is 1.61 bits per heavy atom.